The van der Waals surface area contributed by atoms with Gasteiger partial charge in [0.1, 0.15) is 6.61 Å². The van der Waals surface area contributed by atoms with Gasteiger partial charge in [0.05, 0.1) is 12.2 Å². The normalized spacial score (nSPS) is 13.8. The lowest BCUT2D eigenvalue weighted by molar-refractivity contribution is 0.00761. The van der Waals surface area contributed by atoms with Gasteiger partial charge in [0.15, 0.2) is 11.5 Å². The Balaban J connectivity index is 2.74. The lowest BCUT2D eigenvalue weighted by Crippen LogP contribution is -2.31. The van der Waals surface area contributed by atoms with Gasteiger partial charge in [-0.25, -0.2) is 0 Å². The van der Waals surface area contributed by atoms with Crippen LogP contribution in [-0.2, 0) is 6.54 Å². The van der Waals surface area contributed by atoms with E-state index in [4.69, 9.17) is 9.47 Å². The van der Waals surface area contributed by atoms with E-state index < -0.39 is 5.60 Å². The minimum absolute atomic E-state index is 0.261. The summed E-state index contributed by atoms with van der Waals surface area (Å²) in [6.45, 7) is 10.5. The van der Waals surface area contributed by atoms with Crippen molar-refractivity contribution in [2.24, 2.45) is 0 Å². The third-order valence-corrected chi connectivity index (χ3v) is 3.36. The molecular formula is C17H29NO3. The molecule has 0 aromatic heterocycles. The summed E-state index contributed by atoms with van der Waals surface area (Å²) in [7, 11) is 0. The Hall–Kier alpha value is -1.26. The Bertz CT molecular complexity index is 418. The lowest BCUT2D eigenvalue weighted by atomic mass is 10.1. The Morgan fingerprint density at radius 1 is 1.14 bits per heavy atom. The van der Waals surface area contributed by atoms with E-state index in [-0.39, 0.29) is 6.61 Å². The van der Waals surface area contributed by atoms with Crippen LogP contribution in [0.3, 0.4) is 0 Å². The molecule has 1 rings (SSSR count). The van der Waals surface area contributed by atoms with Gasteiger partial charge in [-0.05, 0) is 50.9 Å². The summed E-state index contributed by atoms with van der Waals surface area (Å²) >= 11 is 0. The fourth-order valence-electron chi connectivity index (χ4n) is 1.79. The second kappa shape index (κ2) is 8.90. The predicted octanol–water partition coefficient (Wildman–Crippen LogP) is 3.12. The largest absolute Gasteiger partial charge is 0.490 e. The molecule has 1 unspecified atom stereocenters. The molecule has 120 valence electrons. The Morgan fingerprint density at radius 3 is 2.52 bits per heavy atom. The van der Waals surface area contributed by atoms with Crippen molar-refractivity contribution in [3.05, 3.63) is 23.8 Å². The highest BCUT2D eigenvalue weighted by molar-refractivity contribution is 5.43. The predicted molar refractivity (Wildman–Crippen MR) is 86.0 cm³/mol. The van der Waals surface area contributed by atoms with Gasteiger partial charge < -0.3 is 19.9 Å². The van der Waals surface area contributed by atoms with Gasteiger partial charge in [-0.1, -0.05) is 19.9 Å². The van der Waals surface area contributed by atoms with E-state index >= 15 is 0 Å². The zero-order chi connectivity index (χ0) is 15.7. The number of benzene rings is 1. The first-order valence-corrected chi connectivity index (χ1v) is 7.84. The van der Waals surface area contributed by atoms with Crippen LogP contribution >= 0.6 is 0 Å². The van der Waals surface area contributed by atoms with Crippen molar-refractivity contribution in [3.8, 4) is 11.5 Å². The van der Waals surface area contributed by atoms with E-state index in [0.717, 1.165) is 25.3 Å². The zero-order valence-electron chi connectivity index (χ0n) is 13.7. The Kier molecular flexibility index (Phi) is 7.54. The minimum Gasteiger partial charge on any atom is -0.490 e. The molecule has 0 bridgehead atoms. The van der Waals surface area contributed by atoms with Crippen LogP contribution in [0, 0.1) is 0 Å². The van der Waals surface area contributed by atoms with Crippen molar-refractivity contribution in [3.63, 3.8) is 0 Å². The molecular weight excluding hydrogens is 266 g/mol. The highest BCUT2D eigenvalue weighted by atomic mass is 16.5. The summed E-state index contributed by atoms with van der Waals surface area (Å²) in [5.41, 5.74) is 0.353. The van der Waals surface area contributed by atoms with E-state index in [1.54, 1.807) is 6.92 Å². The van der Waals surface area contributed by atoms with Gasteiger partial charge in [0.2, 0.25) is 0 Å². The molecule has 1 atom stereocenters. The molecule has 1 aromatic carbocycles. The summed E-state index contributed by atoms with van der Waals surface area (Å²) in [5.74, 6) is 1.42. The van der Waals surface area contributed by atoms with Crippen LogP contribution in [0.25, 0.3) is 0 Å². The topological polar surface area (TPSA) is 50.7 Å². The highest BCUT2D eigenvalue weighted by Crippen LogP contribution is 2.29. The van der Waals surface area contributed by atoms with Crippen LogP contribution in [-0.4, -0.2) is 30.5 Å². The summed E-state index contributed by atoms with van der Waals surface area (Å²) < 4.78 is 11.4. The standard InChI is InChI=1S/C17H29NO3/c1-5-10-18-12-14-8-9-15(16(11-14)20-7-3)21-13-17(4,19)6-2/h8-9,11,18-19H,5-7,10,12-13H2,1-4H3. The van der Waals surface area contributed by atoms with Crippen LogP contribution in [0.2, 0.25) is 0 Å². The molecule has 0 amide bonds. The van der Waals surface area contributed by atoms with E-state index in [9.17, 15) is 5.11 Å². The van der Waals surface area contributed by atoms with Gasteiger partial charge in [-0.2, -0.15) is 0 Å². The Morgan fingerprint density at radius 2 is 1.90 bits per heavy atom. The van der Waals surface area contributed by atoms with Crippen molar-refractivity contribution in [2.45, 2.75) is 52.7 Å². The number of aliphatic hydroxyl groups is 1. The maximum atomic E-state index is 10.0. The molecule has 0 aliphatic rings. The van der Waals surface area contributed by atoms with Crippen LogP contribution in [0.4, 0.5) is 0 Å². The number of nitrogens with one attached hydrogen (secondary N) is 1. The van der Waals surface area contributed by atoms with Gasteiger partial charge in [0, 0.05) is 6.54 Å². The molecule has 0 saturated carbocycles. The van der Waals surface area contributed by atoms with Crippen molar-refractivity contribution in [1.82, 2.24) is 5.32 Å². The van der Waals surface area contributed by atoms with E-state index in [1.807, 2.05) is 32.0 Å². The smallest absolute Gasteiger partial charge is 0.161 e. The molecule has 0 aliphatic carbocycles. The fraction of sp³-hybridized carbons (Fsp3) is 0.647. The molecule has 4 heteroatoms. The van der Waals surface area contributed by atoms with E-state index in [2.05, 4.69) is 12.2 Å². The Labute approximate surface area is 128 Å². The number of ether oxygens (including phenoxy) is 2. The average Bonchev–Trinajstić information content (AvgIpc) is 2.47. The summed E-state index contributed by atoms with van der Waals surface area (Å²) in [4.78, 5) is 0. The van der Waals surface area contributed by atoms with E-state index in [1.165, 1.54) is 5.56 Å². The van der Waals surface area contributed by atoms with E-state index in [0.29, 0.717) is 18.8 Å². The van der Waals surface area contributed by atoms with Crippen molar-refractivity contribution in [2.75, 3.05) is 19.8 Å². The van der Waals surface area contributed by atoms with Gasteiger partial charge in [-0.15, -0.1) is 0 Å². The molecule has 1 aromatic rings. The first kappa shape index (κ1) is 17.8. The average molecular weight is 295 g/mol. The van der Waals surface area contributed by atoms with Crippen LogP contribution in [0.1, 0.15) is 46.1 Å². The lowest BCUT2D eigenvalue weighted by Gasteiger charge is -2.22. The summed E-state index contributed by atoms with van der Waals surface area (Å²) in [6.07, 6.45) is 1.77. The third kappa shape index (κ3) is 6.36. The van der Waals surface area contributed by atoms with Crippen molar-refractivity contribution >= 4 is 0 Å². The van der Waals surface area contributed by atoms with Crippen LogP contribution in [0.5, 0.6) is 11.5 Å². The summed E-state index contributed by atoms with van der Waals surface area (Å²) in [5, 5.41) is 13.4. The molecule has 2 N–H and O–H groups in total. The zero-order valence-corrected chi connectivity index (χ0v) is 13.7. The first-order chi connectivity index (χ1) is 10.0. The van der Waals surface area contributed by atoms with Crippen molar-refractivity contribution < 1.29 is 14.6 Å². The first-order valence-electron chi connectivity index (χ1n) is 7.84. The van der Waals surface area contributed by atoms with Gasteiger partial charge in [-0.3, -0.25) is 0 Å². The highest BCUT2D eigenvalue weighted by Gasteiger charge is 2.19. The maximum Gasteiger partial charge on any atom is 0.161 e. The monoisotopic (exact) mass is 295 g/mol. The fourth-order valence-corrected chi connectivity index (χ4v) is 1.79. The van der Waals surface area contributed by atoms with Crippen LogP contribution in [0.15, 0.2) is 18.2 Å². The summed E-state index contributed by atoms with van der Waals surface area (Å²) in [6, 6.07) is 5.95. The molecule has 0 heterocycles. The molecule has 0 radical (unpaired) electrons. The molecule has 4 nitrogen and oxygen atoms in total. The number of hydrogen-bond acceptors (Lipinski definition) is 4. The second-order valence-electron chi connectivity index (χ2n) is 5.53. The SMILES string of the molecule is CCCNCc1ccc(OCC(C)(O)CC)c(OCC)c1. The third-order valence-electron chi connectivity index (χ3n) is 3.36. The molecule has 21 heavy (non-hydrogen) atoms. The van der Waals surface area contributed by atoms with Crippen LogP contribution < -0.4 is 14.8 Å². The van der Waals surface area contributed by atoms with Crippen molar-refractivity contribution in [1.29, 1.82) is 0 Å². The number of hydrogen-bond donors (Lipinski definition) is 2. The molecule has 0 fully saturated rings. The quantitative estimate of drug-likeness (QED) is 0.651. The minimum atomic E-state index is -0.815. The molecule has 0 spiro atoms. The molecule has 0 saturated heterocycles. The van der Waals surface area contributed by atoms with Gasteiger partial charge in [0.25, 0.3) is 0 Å². The molecule has 0 aliphatic heterocycles. The maximum absolute atomic E-state index is 10.0. The second-order valence-corrected chi connectivity index (χ2v) is 5.53. The number of rotatable bonds is 10. The van der Waals surface area contributed by atoms with Gasteiger partial charge >= 0.3 is 0 Å².